The number of rotatable bonds is 4. The monoisotopic (exact) mass is 491 g/mol. The number of amides is 1. The topological polar surface area (TPSA) is 46.9 Å². The molecule has 158 valence electrons. The summed E-state index contributed by atoms with van der Waals surface area (Å²) in [5.41, 5.74) is 1.10. The van der Waals surface area contributed by atoms with Crippen LogP contribution in [0.15, 0.2) is 71.3 Å². The molecule has 0 aliphatic carbocycles. The average Bonchev–Trinajstić information content (AvgIpc) is 3.15. The predicted molar refractivity (Wildman–Crippen MR) is 111 cm³/mol. The first kappa shape index (κ1) is 21.0. The Balaban J connectivity index is 1.62. The lowest BCUT2D eigenvalue weighted by Gasteiger charge is -2.11. The van der Waals surface area contributed by atoms with E-state index in [1.165, 1.54) is 30.5 Å². The van der Waals surface area contributed by atoms with E-state index in [-0.39, 0.29) is 12.4 Å². The first-order valence-electron chi connectivity index (χ1n) is 9.10. The van der Waals surface area contributed by atoms with Crippen molar-refractivity contribution in [2.45, 2.75) is 12.7 Å². The van der Waals surface area contributed by atoms with Gasteiger partial charge in [-0.1, -0.05) is 28.1 Å². The van der Waals surface area contributed by atoms with Crippen LogP contribution in [0.3, 0.4) is 0 Å². The number of fused-ring (bicyclic) bond motifs is 1. The summed E-state index contributed by atoms with van der Waals surface area (Å²) in [6, 6.07) is 13.9. The number of hydrogen-bond donors (Lipinski definition) is 1. The third kappa shape index (κ3) is 4.46. The second-order valence-corrected chi connectivity index (χ2v) is 7.72. The second kappa shape index (κ2) is 8.14. The Morgan fingerprint density at radius 1 is 1.06 bits per heavy atom. The Labute approximate surface area is 182 Å². The normalized spacial score (nSPS) is 11.6. The van der Waals surface area contributed by atoms with Crippen molar-refractivity contribution in [3.05, 3.63) is 93.8 Å². The number of halogens is 5. The lowest BCUT2D eigenvalue weighted by atomic mass is 10.1. The number of carbonyl (C=O) groups excluding carboxylic acids is 1. The number of carbonyl (C=O) groups is 1. The van der Waals surface area contributed by atoms with E-state index < -0.39 is 17.6 Å². The highest BCUT2D eigenvalue weighted by molar-refractivity contribution is 9.10. The summed E-state index contributed by atoms with van der Waals surface area (Å²) >= 11 is 3.38. The van der Waals surface area contributed by atoms with Gasteiger partial charge in [-0.25, -0.2) is 9.07 Å². The highest BCUT2D eigenvalue weighted by atomic mass is 79.9. The predicted octanol–water partition coefficient (Wildman–Crippen LogP) is 5.88. The van der Waals surface area contributed by atoms with E-state index >= 15 is 0 Å². The van der Waals surface area contributed by atoms with Crippen molar-refractivity contribution in [1.82, 2.24) is 15.1 Å². The largest absolute Gasteiger partial charge is 0.416 e. The molecule has 0 bridgehead atoms. The van der Waals surface area contributed by atoms with E-state index in [4.69, 9.17) is 0 Å². The summed E-state index contributed by atoms with van der Waals surface area (Å²) in [4.78, 5) is 12.8. The highest BCUT2D eigenvalue weighted by Crippen LogP contribution is 2.30. The Bertz CT molecular complexity index is 1270. The van der Waals surface area contributed by atoms with Gasteiger partial charge in [0.05, 0.1) is 28.5 Å². The van der Waals surface area contributed by atoms with E-state index in [0.29, 0.717) is 32.2 Å². The third-order valence-corrected chi connectivity index (χ3v) is 5.13. The molecule has 0 saturated carbocycles. The average molecular weight is 492 g/mol. The minimum Gasteiger partial charge on any atom is -0.348 e. The van der Waals surface area contributed by atoms with Crippen molar-refractivity contribution in [3.8, 4) is 5.69 Å². The van der Waals surface area contributed by atoms with Crippen LogP contribution in [-0.2, 0) is 12.7 Å². The van der Waals surface area contributed by atoms with Crippen molar-refractivity contribution in [3.63, 3.8) is 0 Å². The molecule has 0 atom stereocenters. The fraction of sp³-hybridized carbons (Fsp3) is 0.0909. The van der Waals surface area contributed by atoms with Crippen LogP contribution in [0.1, 0.15) is 21.5 Å². The summed E-state index contributed by atoms with van der Waals surface area (Å²) in [5.74, 6) is -0.835. The van der Waals surface area contributed by atoms with Crippen LogP contribution >= 0.6 is 15.9 Å². The van der Waals surface area contributed by atoms with Gasteiger partial charge in [0.15, 0.2) is 0 Å². The summed E-state index contributed by atoms with van der Waals surface area (Å²) < 4.78 is 54.1. The Hall–Kier alpha value is -3.20. The molecule has 3 aromatic carbocycles. The fourth-order valence-corrected chi connectivity index (χ4v) is 3.65. The summed E-state index contributed by atoms with van der Waals surface area (Å²) in [5, 5.41) is 7.51. The van der Waals surface area contributed by atoms with Gasteiger partial charge in [0.2, 0.25) is 0 Å². The number of nitrogens with zero attached hydrogens (tertiary/aromatic N) is 2. The minimum absolute atomic E-state index is 0.0666. The van der Waals surface area contributed by atoms with E-state index in [0.717, 1.165) is 12.1 Å². The Kier molecular flexibility index (Phi) is 5.53. The van der Waals surface area contributed by atoms with E-state index in [1.54, 1.807) is 28.9 Å². The molecule has 4 rings (SSSR count). The minimum atomic E-state index is -4.45. The van der Waals surface area contributed by atoms with Crippen molar-refractivity contribution >= 4 is 32.7 Å². The molecule has 0 fully saturated rings. The Morgan fingerprint density at radius 2 is 1.81 bits per heavy atom. The maximum Gasteiger partial charge on any atom is 0.416 e. The second-order valence-electron chi connectivity index (χ2n) is 6.80. The molecular formula is C22H14BrF4N3O. The lowest BCUT2D eigenvalue weighted by Crippen LogP contribution is -2.23. The van der Waals surface area contributed by atoms with Crippen LogP contribution in [0.5, 0.6) is 0 Å². The molecule has 0 unspecified atom stereocenters. The number of nitrogens with one attached hydrogen (secondary N) is 1. The van der Waals surface area contributed by atoms with Gasteiger partial charge in [-0.2, -0.15) is 18.3 Å². The first-order chi connectivity index (χ1) is 14.7. The first-order valence-corrected chi connectivity index (χ1v) is 9.89. The molecule has 4 aromatic rings. The zero-order chi connectivity index (χ0) is 22.2. The molecule has 31 heavy (non-hydrogen) atoms. The number of aromatic nitrogens is 2. The molecule has 1 aromatic heterocycles. The number of benzene rings is 3. The summed E-state index contributed by atoms with van der Waals surface area (Å²) in [6.07, 6.45) is -2.93. The zero-order valence-corrected chi connectivity index (χ0v) is 17.3. The van der Waals surface area contributed by atoms with Crippen LogP contribution in [0.2, 0.25) is 0 Å². The third-order valence-electron chi connectivity index (χ3n) is 4.68. The SMILES string of the molecule is O=C(NCc1cccc(C(F)(F)F)c1)c1cc(Br)cc2c1cnn2-c1ccc(F)cc1. The summed E-state index contributed by atoms with van der Waals surface area (Å²) in [6.45, 7) is -0.0666. The van der Waals surface area contributed by atoms with Crippen molar-refractivity contribution < 1.29 is 22.4 Å². The highest BCUT2D eigenvalue weighted by Gasteiger charge is 2.30. The van der Waals surface area contributed by atoms with Crippen LogP contribution in [0, 0.1) is 5.82 Å². The summed E-state index contributed by atoms with van der Waals surface area (Å²) in [7, 11) is 0. The van der Waals surface area contributed by atoms with Gasteiger partial charge in [0, 0.05) is 16.4 Å². The van der Waals surface area contributed by atoms with Crippen molar-refractivity contribution in [2.24, 2.45) is 0 Å². The van der Waals surface area contributed by atoms with Crippen LogP contribution in [0.4, 0.5) is 17.6 Å². The Morgan fingerprint density at radius 3 is 2.52 bits per heavy atom. The molecular weight excluding hydrogens is 478 g/mol. The van der Waals surface area contributed by atoms with E-state index in [2.05, 4.69) is 26.3 Å². The van der Waals surface area contributed by atoms with Crippen molar-refractivity contribution in [1.29, 1.82) is 0 Å². The van der Waals surface area contributed by atoms with Gasteiger partial charge in [-0.3, -0.25) is 4.79 Å². The standard InChI is InChI=1S/C22H14BrF4N3O/c23-15-9-18(21(31)28-11-13-2-1-3-14(8-13)22(25,26)27)19-12-29-30(20(19)10-15)17-6-4-16(24)5-7-17/h1-10,12H,11H2,(H,28,31). The van der Waals surface area contributed by atoms with Gasteiger partial charge in [-0.05, 0) is 54.1 Å². The molecule has 0 radical (unpaired) electrons. The molecule has 0 saturated heterocycles. The van der Waals surface area contributed by atoms with Gasteiger partial charge >= 0.3 is 6.18 Å². The molecule has 1 heterocycles. The zero-order valence-electron chi connectivity index (χ0n) is 15.8. The maximum absolute atomic E-state index is 13.2. The number of alkyl halides is 3. The van der Waals surface area contributed by atoms with Crippen LogP contribution < -0.4 is 5.32 Å². The molecule has 1 N–H and O–H groups in total. The molecule has 0 spiro atoms. The lowest BCUT2D eigenvalue weighted by molar-refractivity contribution is -0.137. The van der Waals surface area contributed by atoms with Crippen molar-refractivity contribution in [2.75, 3.05) is 0 Å². The van der Waals surface area contributed by atoms with E-state index in [9.17, 15) is 22.4 Å². The molecule has 0 aliphatic rings. The smallest absolute Gasteiger partial charge is 0.348 e. The quantitative estimate of drug-likeness (QED) is 0.362. The fourth-order valence-electron chi connectivity index (χ4n) is 3.20. The van der Waals surface area contributed by atoms with E-state index in [1.807, 2.05) is 0 Å². The number of hydrogen-bond acceptors (Lipinski definition) is 2. The van der Waals surface area contributed by atoms with Gasteiger partial charge in [0.1, 0.15) is 5.82 Å². The van der Waals surface area contributed by atoms with Gasteiger partial charge in [0.25, 0.3) is 5.91 Å². The molecule has 9 heteroatoms. The van der Waals surface area contributed by atoms with Gasteiger partial charge < -0.3 is 5.32 Å². The van der Waals surface area contributed by atoms with Gasteiger partial charge in [-0.15, -0.1) is 0 Å². The van der Waals surface area contributed by atoms with Crippen LogP contribution in [-0.4, -0.2) is 15.7 Å². The molecule has 4 nitrogen and oxygen atoms in total. The molecule has 0 aliphatic heterocycles. The maximum atomic E-state index is 13.2. The molecule has 1 amide bonds. The van der Waals surface area contributed by atoms with Crippen LogP contribution in [0.25, 0.3) is 16.6 Å².